The van der Waals surface area contributed by atoms with Crippen LogP contribution >= 0.6 is 0 Å². The minimum Gasteiger partial charge on any atom is -0.394 e. The Bertz CT molecular complexity index is 249. The molecule has 1 aliphatic heterocycles. The summed E-state index contributed by atoms with van der Waals surface area (Å²) in [6.07, 6.45) is -1.52. The highest BCUT2D eigenvalue weighted by molar-refractivity contribution is 4.97. The lowest BCUT2D eigenvalue weighted by Crippen LogP contribution is -2.43. The standard InChI is InChI=1S/C12H24O6/c1-2-3-4-5-6-12(17)11(16)9(15)10(18-12)8(14)7-13/h8-11,13-17H,2-7H2,1H3/t8-,9-,10+,11-,12-/m1/s1. The third kappa shape index (κ3) is 3.40. The van der Waals surface area contributed by atoms with Crippen LogP contribution in [-0.2, 0) is 4.74 Å². The van der Waals surface area contributed by atoms with E-state index in [9.17, 15) is 20.4 Å². The molecular formula is C12H24O6. The van der Waals surface area contributed by atoms with Crippen molar-refractivity contribution < 1.29 is 30.3 Å². The first-order valence-corrected chi connectivity index (χ1v) is 6.51. The minimum atomic E-state index is -1.84. The van der Waals surface area contributed by atoms with Crippen LogP contribution in [0.4, 0.5) is 0 Å². The van der Waals surface area contributed by atoms with Crippen LogP contribution in [0.5, 0.6) is 0 Å². The van der Waals surface area contributed by atoms with Crippen molar-refractivity contribution in [2.75, 3.05) is 6.61 Å². The zero-order valence-electron chi connectivity index (χ0n) is 10.7. The highest BCUT2D eigenvalue weighted by atomic mass is 16.7. The van der Waals surface area contributed by atoms with Crippen molar-refractivity contribution in [1.29, 1.82) is 0 Å². The van der Waals surface area contributed by atoms with E-state index in [0.29, 0.717) is 6.42 Å². The molecule has 18 heavy (non-hydrogen) atoms. The van der Waals surface area contributed by atoms with Crippen molar-refractivity contribution in [2.45, 2.75) is 69.2 Å². The molecule has 0 aromatic carbocycles. The monoisotopic (exact) mass is 264 g/mol. The van der Waals surface area contributed by atoms with Crippen LogP contribution in [0, 0.1) is 0 Å². The molecule has 6 nitrogen and oxygen atoms in total. The summed E-state index contributed by atoms with van der Waals surface area (Å²) >= 11 is 0. The summed E-state index contributed by atoms with van der Waals surface area (Å²) in [6.45, 7) is 1.47. The maximum Gasteiger partial charge on any atom is 0.195 e. The van der Waals surface area contributed by atoms with Crippen LogP contribution in [0.2, 0.25) is 0 Å². The second kappa shape index (κ2) is 6.79. The van der Waals surface area contributed by atoms with E-state index < -0.39 is 36.8 Å². The first-order valence-electron chi connectivity index (χ1n) is 6.51. The fourth-order valence-electron chi connectivity index (χ4n) is 2.24. The summed E-state index contributed by atoms with van der Waals surface area (Å²) in [7, 11) is 0. The van der Waals surface area contributed by atoms with E-state index in [4.69, 9.17) is 9.84 Å². The molecule has 108 valence electrons. The highest BCUT2D eigenvalue weighted by Crippen LogP contribution is 2.34. The molecule has 1 rings (SSSR count). The third-order valence-corrected chi connectivity index (χ3v) is 3.42. The summed E-state index contributed by atoms with van der Waals surface area (Å²) < 4.78 is 5.15. The SMILES string of the molecule is CCCCCC[C@@]1(O)O[C@@H]([C@H](O)CO)[C@@H](O)[C@H]1O. The third-order valence-electron chi connectivity index (χ3n) is 3.42. The molecule has 0 spiro atoms. The first kappa shape index (κ1) is 15.8. The Kier molecular flexibility index (Phi) is 5.97. The predicted octanol–water partition coefficient (Wildman–Crippen LogP) is -0.881. The zero-order chi connectivity index (χ0) is 13.8. The molecular weight excluding hydrogens is 240 g/mol. The van der Waals surface area contributed by atoms with Gasteiger partial charge >= 0.3 is 0 Å². The maximum absolute atomic E-state index is 10.1. The van der Waals surface area contributed by atoms with Gasteiger partial charge in [-0.15, -0.1) is 0 Å². The van der Waals surface area contributed by atoms with Crippen molar-refractivity contribution in [3.63, 3.8) is 0 Å². The van der Waals surface area contributed by atoms with Crippen LogP contribution in [0.1, 0.15) is 39.0 Å². The van der Waals surface area contributed by atoms with Gasteiger partial charge in [-0.2, -0.15) is 0 Å². The van der Waals surface area contributed by atoms with Gasteiger partial charge in [0.05, 0.1) is 6.61 Å². The normalized spacial score (nSPS) is 38.0. The largest absolute Gasteiger partial charge is 0.394 e. The van der Waals surface area contributed by atoms with Crippen LogP contribution in [0.3, 0.4) is 0 Å². The van der Waals surface area contributed by atoms with Gasteiger partial charge in [-0.3, -0.25) is 0 Å². The van der Waals surface area contributed by atoms with Gasteiger partial charge in [0.2, 0.25) is 0 Å². The summed E-state index contributed by atoms with van der Waals surface area (Å²) in [5, 5.41) is 47.8. The van der Waals surface area contributed by atoms with E-state index in [1.54, 1.807) is 0 Å². The molecule has 0 unspecified atom stereocenters. The molecule has 5 N–H and O–H groups in total. The molecule has 1 aliphatic rings. The molecule has 0 aliphatic carbocycles. The van der Waals surface area contributed by atoms with Gasteiger partial charge in [0.1, 0.15) is 24.4 Å². The number of aliphatic hydroxyl groups is 5. The predicted molar refractivity (Wildman–Crippen MR) is 63.7 cm³/mol. The van der Waals surface area contributed by atoms with E-state index in [1.807, 2.05) is 0 Å². The number of aliphatic hydroxyl groups excluding tert-OH is 4. The number of hydrogen-bond acceptors (Lipinski definition) is 6. The van der Waals surface area contributed by atoms with Gasteiger partial charge in [-0.05, 0) is 6.42 Å². The molecule has 1 heterocycles. The summed E-state index contributed by atoms with van der Waals surface area (Å²) in [5.41, 5.74) is 0. The molecule has 0 aromatic rings. The maximum atomic E-state index is 10.1. The van der Waals surface area contributed by atoms with E-state index in [-0.39, 0.29) is 6.42 Å². The van der Waals surface area contributed by atoms with Crippen molar-refractivity contribution >= 4 is 0 Å². The Morgan fingerprint density at radius 3 is 2.44 bits per heavy atom. The summed E-state index contributed by atoms with van der Waals surface area (Å²) in [4.78, 5) is 0. The average molecular weight is 264 g/mol. The number of hydrogen-bond donors (Lipinski definition) is 5. The van der Waals surface area contributed by atoms with Gasteiger partial charge in [0.15, 0.2) is 5.79 Å². The Labute approximate surface area is 107 Å². The van der Waals surface area contributed by atoms with Crippen LogP contribution in [-0.4, -0.2) is 62.3 Å². The van der Waals surface area contributed by atoms with Crippen molar-refractivity contribution in [3.8, 4) is 0 Å². The Balaban J connectivity index is 2.55. The molecule has 0 bridgehead atoms. The van der Waals surface area contributed by atoms with Gasteiger partial charge in [-0.25, -0.2) is 0 Å². The number of rotatable bonds is 7. The minimum absolute atomic E-state index is 0.194. The van der Waals surface area contributed by atoms with E-state index >= 15 is 0 Å². The first-order chi connectivity index (χ1) is 8.46. The van der Waals surface area contributed by atoms with Gasteiger partial charge in [0.25, 0.3) is 0 Å². The second-order valence-electron chi connectivity index (χ2n) is 4.92. The lowest BCUT2D eigenvalue weighted by molar-refractivity contribution is -0.242. The molecule has 0 amide bonds. The molecule has 0 saturated carbocycles. The number of unbranched alkanes of at least 4 members (excludes halogenated alkanes) is 3. The van der Waals surface area contributed by atoms with Gasteiger partial charge in [0, 0.05) is 6.42 Å². The van der Waals surface area contributed by atoms with Crippen molar-refractivity contribution in [3.05, 3.63) is 0 Å². The average Bonchev–Trinajstić information content (AvgIpc) is 2.59. The fourth-order valence-corrected chi connectivity index (χ4v) is 2.24. The second-order valence-corrected chi connectivity index (χ2v) is 4.92. The topological polar surface area (TPSA) is 110 Å². The van der Waals surface area contributed by atoms with Crippen LogP contribution in [0.15, 0.2) is 0 Å². The van der Waals surface area contributed by atoms with Gasteiger partial charge < -0.3 is 30.3 Å². The van der Waals surface area contributed by atoms with Crippen LogP contribution < -0.4 is 0 Å². The smallest absolute Gasteiger partial charge is 0.195 e. The summed E-state index contributed by atoms with van der Waals surface area (Å²) in [6, 6.07) is 0. The zero-order valence-corrected chi connectivity index (χ0v) is 10.7. The Hall–Kier alpha value is -0.240. The lowest BCUT2D eigenvalue weighted by Gasteiger charge is -2.26. The Morgan fingerprint density at radius 1 is 1.22 bits per heavy atom. The molecule has 5 atom stereocenters. The highest BCUT2D eigenvalue weighted by Gasteiger charge is 2.54. The molecule has 6 heteroatoms. The fraction of sp³-hybridized carbons (Fsp3) is 1.00. The molecule has 0 aromatic heterocycles. The van der Waals surface area contributed by atoms with E-state index in [2.05, 4.69) is 6.92 Å². The van der Waals surface area contributed by atoms with Gasteiger partial charge in [-0.1, -0.05) is 26.2 Å². The lowest BCUT2D eigenvalue weighted by atomic mass is 9.98. The van der Waals surface area contributed by atoms with E-state index in [0.717, 1.165) is 19.3 Å². The number of ether oxygens (including phenoxy) is 1. The molecule has 0 radical (unpaired) electrons. The van der Waals surface area contributed by atoms with Crippen LogP contribution in [0.25, 0.3) is 0 Å². The quantitative estimate of drug-likeness (QED) is 0.382. The molecule has 1 fully saturated rings. The Morgan fingerprint density at radius 2 is 1.89 bits per heavy atom. The van der Waals surface area contributed by atoms with E-state index in [1.165, 1.54) is 0 Å². The van der Waals surface area contributed by atoms with Crippen molar-refractivity contribution in [1.82, 2.24) is 0 Å². The van der Waals surface area contributed by atoms with Crippen molar-refractivity contribution in [2.24, 2.45) is 0 Å². The molecule has 1 saturated heterocycles. The summed E-state index contributed by atoms with van der Waals surface area (Å²) in [5.74, 6) is -1.84.